The fourth-order valence-corrected chi connectivity index (χ4v) is 4.81. The number of thiazole rings is 1. The summed E-state index contributed by atoms with van der Waals surface area (Å²) in [5.74, 6) is 1.22. The third-order valence-corrected chi connectivity index (χ3v) is 6.57. The second-order valence-corrected chi connectivity index (χ2v) is 8.76. The maximum atomic E-state index is 12.7. The van der Waals surface area contributed by atoms with Gasteiger partial charge in [-0.1, -0.05) is 0 Å². The van der Waals surface area contributed by atoms with Crippen molar-refractivity contribution in [1.82, 2.24) is 20.1 Å². The first-order valence-electron chi connectivity index (χ1n) is 9.81. The number of hydrogen-bond acceptors (Lipinski definition) is 6. The molecule has 4 rings (SSSR count). The van der Waals surface area contributed by atoms with Gasteiger partial charge in [-0.05, 0) is 63.9 Å². The summed E-state index contributed by atoms with van der Waals surface area (Å²) in [4.78, 5) is 19.8. The number of rotatable bonds is 4. The molecule has 27 heavy (non-hydrogen) atoms. The molecule has 7 heteroatoms. The number of carbonyl (C=O) groups excluding carboxylic acids is 1. The van der Waals surface area contributed by atoms with Crippen molar-refractivity contribution in [3.63, 3.8) is 0 Å². The van der Waals surface area contributed by atoms with E-state index in [0.717, 1.165) is 60.0 Å². The van der Waals surface area contributed by atoms with Crippen LogP contribution in [0.3, 0.4) is 0 Å². The van der Waals surface area contributed by atoms with Gasteiger partial charge < -0.3 is 9.64 Å². The smallest absolute Gasteiger partial charge is 0.265 e. The molecule has 0 aromatic carbocycles. The van der Waals surface area contributed by atoms with Gasteiger partial charge in [0, 0.05) is 19.2 Å². The Hall–Kier alpha value is -2.02. The van der Waals surface area contributed by atoms with Gasteiger partial charge >= 0.3 is 0 Å². The van der Waals surface area contributed by atoms with Crippen molar-refractivity contribution < 1.29 is 9.53 Å². The topological polar surface area (TPSA) is 68.2 Å². The zero-order chi connectivity index (χ0) is 18.8. The van der Waals surface area contributed by atoms with Crippen molar-refractivity contribution in [2.75, 3.05) is 19.7 Å². The van der Waals surface area contributed by atoms with Gasteiger partial charge in [0.15, 0.2) is 0 Å². The number of aryl methyl sites for hydroxylation is 4. The number of carbonyl (C=O) groups is 1. The molecule has 2 aromatic heterocycles. The Balaban J connectivity index is 1.28. The van der Waals surface area contributed by atoms with Gasteiger partial charge in [-0.15, -0.1) is 16.4 Å². The molecule has 1 amide bonds. The van der Waals surface area contributed by atoms with E-state index < -0.39 is 0 Å². The molecule has 0 radical (unpaired) electrons. The van der Waals surface area contributed by atoms with Crippen molar-refractivity contribution in [1.29, 1.82) is 0 Å². The number of likely N-dealkylation sites (tertiary alicyclic amines) is 1. The Kier molecular flexibility index (Phi) is 5.38. The van der Waals surface area contributed by atoms with Crippen molar-refractivity contribution in [3.05, 3.63) is 32.9 Å². The number of aromatic nitrogens is 3. The Bertz CT molecular complexity index is 827. The van der Waals surface area contributed by atoms with Gasteiger partial charge in [0.25, 0.3) is 5.91 Å². The van der Waals surface area contributed by atoms with Crippen molar-refractivity contribution >= 4 is 17.2 Å². The summed E-state index contributed by atoms with van der Waals surface area (Å²) < 4.78 is 5.93. The molecular formula is C20H26N4O2S. The molecule has 1 saturated heterocycles. The van der Waals surface area contributed by atoms with E-state index in [2.05, 4.69) is 21.2 Å². The minimum Gasteiger partial charge on any atom is -0.476 e. The number of nitrogens with zero attached hydrogens (tertiary/aromatic N) is 4. The van der Waals surface area contributed by atoms with Crippen LogP contribution in [0.15, 0.2) is 6.07 Å². The predicted molar refractivity (Wildman–Crippen MR) is 104 cm³/mol. The number of hydrogen-bond donors (Lipinski definition) is 0. The first-order valence-corrected chi connectivity index (χ1v) is 10.6. The summed E-state index contributed by atoms with van der Waals surface area (Å²) >= 11 is 1.49. The molecule has 1 fully saturated rings. The summed E-state index contributed by atoms with van der Waals surface area (Å²) in [5, 5.41) is 9.51. The number of fused-ring (bicyclic) bond motifs is 1. The summed E-state index contributed by atoms with van der Waals surface area (Å²) in [6.07, 6.45) is 6.47. The fourth-order valence-electron chi connectivity index (χ4n) is 3.92. The highest BCUT2D eigenvalue weighted by Gasteiger charge is 2.26. The van der Waals surface area contributed by atoms with Gasteiger partial charge in [0.2, 0.25) is 5.88 Å². The van der Waals surface area contributed by atoms with Gasteiger partial charge in [-0.3, -0.25) is 4.79 Å². The molecule has 2 aromatic rings. The lowest BCUT2D eigenvalue weighted by Crippen LogP contribution is -2.39. The van der Waals surface area contributed by atoms with E-state index in [-0.39, 0.29) is 5.91 Å². The highest BCUT2D eigenvalue weighted by atomic mass is 32.1. The fraction of sp³-hybridized carbons (Fsp3) is 0.600. The van der Waals surface area contributed by atoms with Crippen molar-refractivity contribution in [2.45, 2.75) is 52.4 Å². The maximum Gasteiger partial charge on any atom is 0.265 e. The van der Waals surface area contributed by atoms with Crippen LogP contribution in [0.25, 0.3) is 0 Å². The third-order valence-electron chi connectivity index (χ3n) is 5.51. The van der Waals surface area contributed by atoms with Crippen LogP contribution in [0.1, 0.15) is 57.3 Å². The van der Waals surface area contributed by atoms with E-state index in [0.29, 0.717) is 18.4 Å². The van der Waals surface area contributed by atoms with Crippen LogP contribution in [0, 0.1) is 19.8 Å². The second kappa shape index (κ2) is 7.92. The van der Waals surface area contributed by atoms with Crippen LogP contribution in [-0.4, -0.2) is 45.7 Å². The SMILES string of the molecule is Cc1nc(C)c(C(=O)N2CCC(COc3cc4c(nn3)CCCC4)CC2)s1. The van der Waals surface area contributed by atoms with Crippen molar-refractivity contribution in [2.24, 2.45) is 5.92 Å². The number of amides is 1. The summed E-state index contributed by atoms with van der Waals surface area (Å²) in [6, 6.07) is 2.06. The highest BCUT2D eigenvalue weighted by molar-refractivity contribution is 7.13. The number of ether oxygens (including phenoxy) is 1. The van der Waals surface area contributed by atoms with E-state index in [1.54, 1.807) is 0 Å². The van der Waals surface area contributed by atoms with Crippen LogP contribution in [0.2, 0.25) is 0 Å². The first-order chi connectivity index (χ1) is 13.1. The standard InChI is InChI=1S/C20H26N4O2S/c1-13-19(27-14(2)21-13)20(25)24-9-7-15(8-10-24)12-26-18-11-16-5-3-4-6-17(16)22-23-18/h11,15H,3-10,12H2,1-2H3. The molecule has 3 heterocycles. The zero-order valence-electron chi connectivity index (χ0n) is 16.0. The van der Waals surface area contributed by atoms with Gasteiger partial charge in [0.05, 0.1) is 23.0 Å². The average molecular weight is 387 g/mol. The molecular weight excluding hydrogens is 360 g/mol. The van der Waals surface area contributed by atoms with Gasteiger partial charge in [-0.2, -0.15) is 5.10 Å². The average Bonchev–Trinajstić information content (AvgIpc) is 3.04. The molecule has 0 atom stereocenters. The summed E-state index contributed by atoms with van der Waals surface area (Å²) in [7, 11) is 0. The molecule has 6 nitrogen and oxygen atoms in total. The zero-order valence-corrected chi connectivity index (χ0v) is 16.8. The third kappa shape index (κ3) is 4.13. The predicted octanol–water partition coefficient (Wildman–Crippen LogP) is 3.36. The van der Waals surface area contributed by atoms with Crippen LogP contribution in [0.4, 0.5) is 0 Å². The Morgan fingerprint density at radius 2 is 2.00 bits per heavy atom. The monoisotopic (exact) mass is 386 g/mol. The Morgan fingerprint density at radius 3 is 2.74 bits per heavy atom. The van der Waals surface area contributed by atoms with Crippen LogP contribution >= 0.6 is 11.3 Å². The van der Waals surface area contributed by atoms with E-state index in [1.807, 2.05) is 18.7 Å². The van der Waals surface area contributed by atoms with Crippen LogP contribution in [0.5, 0.6) is 5.88 Å². The molecule has 0 spiro atoms. The number of piperidine rings is 1. The van der Waals surface area contributed by atoms with Crippen molar-refractivity contribution in [3.8, 4) is 5.88 Å². The molecule has 0 N–H and O–H groups in total. The molecule has 1 aliphatic heterocycles. The Labute approximate surface area is 164 Å². The highest BCUT2D eigenvalue weighted by Crippen LogP contribution is 2.25. The second-order valence-electron chi connectivity index (χ2n) is 7.56. The lowest BCUT2D eigenvalue weighted by atomic mass is 9.97. The molecule has 2 aliphatic rings. The molecule has 144 valence electrons. The quantitative estimate of drug-likeness (QED) is 0.806. The van der Waals surface area contributed by atoms with E-state index >= 15 is 0 Å². The minimum absolute atomic E-state index is 0.123. The molecule has 0 unspecified atom stereocenters. The van der Waals surface area contributed by atoms with Crippen LogP contribution < -0.4 is 4.74 Å². The largest absolute Gasteiger partial charge is 0.476 e. The first kappa shape index (κ1) is 18.3. The normalized spacial score (nSPS) is 17.6. The molecule has 0 saturated carbocycles. The lowest BCUT2D eigenvalue weighted by molar-refractivity contribution is 0.0662. The van der Waals surface area contributed by atoms with Gasteiger partial charge in [0.1, 0.15) is 4.88 Å². The lowest BCUT2D eigenvalue weighted by Gasteiger charge is -2.31. The summed E-state index contributed by atoms with van der Waals surface area (Å²) in [6.45, 7) is 6.06. The molecule has 1 aliphatic carbocycles. The van der Waals surface area contributed by atoms with Crippen LogP contribution in [-0.2, 0) is 12.8 Å². The van der Waals surface area contributed by atoms with Gasteiger partial charge in [-0.25, -0.2) is 4.98 Å². The summed E-state index contributed by atoms with van der Waals surface area (Å²) in [5.41, 5.74) is 3.27. The minimum atomic E-state index is 0.123. The Morgan fingerprint density at radius 1 is 1.22 bits per heavy atom. The van der Waals surface area contributed by atoms with E-state index in [4.69, 9.17) is 4.74 Å². The maximum absolute atomic E-state index is 12.7. The molecule has 0 bridgehead atoms. The van der Waals surface area contributed by atoms with E-state index in [1.165, 1.54) is 29.7 Å². The van der Waals surface area contributed by atoms with E-state index in [9.17, 15) is 4.79 Å².